The van der Waals surface area contributed by atoms with Gasteiger partial charge in [0.2, 0.25) is 11.8 Å². The lowest BCUT2D eigenvalue weighted by molar-refractivity contribution is -0.117. The molecule has 1 aliphatic rings. The molecule has 0 spiro atoms. The first-order chi connectivity index (χ1) is 14.0. The summed E-state index contributed by atoms with van der Waals surface area (Å²) in [6.07, 6.45) is 1.38. The Kier molecular flexibility index (Phi) is 7.20. The molecule has 1 heterocycles. The number of ether oxygens (including phenoxy) is 1. The number of thioether (sulfide) groups is 1. The lowest BCUT2D eigenvalue weighted by Crippen LogP contribution is -2.30. The predicted molar refractivity (Wildman–Crippen MR) is 120 cm³/mol. The Morgan fingerprint density at radius 3 is 2.59 bits per heavy atom. The Balaban J connectivity index is 1.73. The third-order valence-corrected chi connectivity index (χ3v) is 6.56. The minimum absolute atomic E-state index is 0.0233. The van der Waals surface area contributed by atoms with E-state index in [-0.39, 0.29) is 23.0 Å². The summed E-state index contributed by atoms with van der Waals surface area (Å²) in [5, 5.41) is 2.86. The van der Waals surface area contributed by atoms with Crippen LogP contribution >= 0.6 is 11.8 Å². The van der Waals surface area contributed by atoms with Gasteiger partial charge in [-0.3, -0.25) is 9.59 Å². The van der Waals surface area contributed by atoms with Crippen molar-refractivity contribution in [1.82, 2.24) is 0 Å². The number of anilines is 2. The van der Waals surface area contributed by atoms with E-state index in [1.807, 2.05) is 30.3 Å². The van der Waals surface area contributed by atoms with Gasteiger partial charge in [-0.2, -0.15) is 0 Å². The Hall–Kier alpha value is -2.47. The van der Waals surface area contributed by atoms with Crippen LogP contribution in [0.2, 0.25) is 0 Å². The van der Waals surface area contributed by atoms with Crippen LogP contribution in [0.1, 0.15) is 32.3 Å². The van der Waals surface area contributed by atoms with Crippen LogP contribution in [-0.4, -0.2) is 30.7 Å². The van der Waals surface area contributed by atoms with E-state index < -0.39 is 0 Å². The zero-order valence-electron chi connectivity index (χ0n) is 17.2. The molecule has 0 bridgehead atoms. The zero-order chi connectivity index (χ0) is 20.8. The molecule has 2 amide bonds. The summed E-state index contributed by atoms with van der Waals surface area (Å²) in [7, 11) is 1.59. The minimum atomic E-state index is -0.172. The number of nitrogens with zero attached hydrogens (tertiary/aromatic N) is 1. The van der Waals surface area contributed by atoms with Crippen molar-refractivity contribution in [2.45, 2.75) is 37.7 Å². The molecule has 1 aliphatic heterocycles. The van der Waals surface area contributed by atoms with E-state index in [9.17, 15) is 9.59 Å². The van der Waals surface area contributed by atoms with Gasteiger partial charge in [0.15, 0.2) is 0 Å². The molecular weight excluding hydrogens is 384 g/mol. The lowest BCUT2D eigenvalue weighted by atomic mass is 10.1. The topological polar surface area (TPSA) is 58.6 Å². The number of amides is 2. The summed E-state index contributed by atoms with van der Waals surface area (Å²) in [5.74, 6) is 1.68. The molecule has 1 atom stereocenters. The molecule has 0 radical (unpaired) electrons. The third kappa shape index (κ3) is 5.32. The fourth-order valence-corrected chi connectivity index (χ4v) is 4.59. The smallest absolute Gasteiger partial charge is 0.237 e. The lowest BCUT2D eigenvalue weighted by Gasteiger charge is -2.22. The number of rotatable bonds is 8. The second-order valence-electron chi connectivity index (χ2n) is 7.49. The summed E-state index contributed by atoms with van der Waals surface area (Å²) >= 11 is 1.65. The second-order valence-corrected chi connectivity index (χ2v) is 8.62. The van der Waals surface area contributed by atoms with Crippen molar-refractivity contribution in [2.24, 2.45) is 5.92 Å². The standard InChI is InChI=1S/C23H28N2O3S/c1-16(2)22(29-15-17-8-5-4-6-9-17)23(27)24-18-11-12-20(28-3)19(14-18)25-13-7-10-21(25)26/h4-6,8-9,11-12,14,16,22H,7,10,13,15H2,1-3H3,(H,24,27). The van der Waals surface area contributed by atoms with Gasteiger partial charge in [-0.05, 0) is 36.1 Å². The molecule has 6 heteroatoms. The highest BCUT2D eigenvalue weighted by Crippen LogP contribution is 2.34. The largest absolute Gasteiger partial charge is 0.495 e. The first-order valence-corrected chi connectivity index (χ1v) is 11.0. The van der Waals surface area contributed by atoms with Crippen molar-refractivity contribution in [3.8, 4) is 5.75 Å². The van der Waals surface area contributed by atoms with Gasteiger partial charge in [0.05, 0.1) is 18.0 Å². The Labute approximate surface area is 176 Å². The molecule has 29 heavy (non-hydrogen) atoms. The predicted octanol–water partition coefficient (Wildman–Crippen LogP) is 4.72. The number of carbonyl (C=O) groups is 2. The molecule has 0 aliphatic carbocycles. The van der Waals surface area contributed by atoms with E-state index in [1.54, 1.807) is 29.8 Å². The number of nitrogens with one attached hydrogen (secondary N) is 1. The van der Waals surface area contributed by atoms with Crippen LogP contribution in [0.25, 0.3) is 0 Å². The molecule has 0 aromatic heterocycles. The summed E-state index contributed by atoms with van der Waals surface area (Å²) in [4.78, 5) is 26.9. The number of benzene rings is 2. The molecule has 3 rings (SSSR count). The Morgan fingerprint density at radius 2 is 1.97 bits per heavy atom. The van der Waals surface area contributed by atoms with Gasteiger partial charge in [-0.25, -0.2) is 0 Å². The molecule has 1 saturated heterocycles. The van der Waals surface area contributed by atoms with Crippen molar-refractivity contribution in [1.29, 1.82) is 0 Å². The highest BCUT2D eigenvalue weighted by molar-refractivity contribution is 7.99. The number of carbonyl (C=O) groups excluding carboxylic acids is 2. The molecular formula is C23H28N2O3S. The van der Waals surface area contributed by atoms with Crippen LogP contribution in [0, 0.1) is 5.92 Å². The monoisotopic (exact) mass is 412 g/mol. The first kappa shape index (κ1) is 21.2. The van der Waals surface area contributed by atoms with E-state index >= 15 is 0 Å². The van der Waals surface area contributed by atoms with Crippen molar-refractivity contribution in [2.75, 3.05) is 23.9 Å². The summed E-state index contributed by atoms with van der Waals surface area (Å²) in [6.45, 7) is 4.79. The van der Waals surface area contributed by atoms with Crippen LogP contribution in [0.4, 0.5) is 11.4 Å². The van der Waals surface area contributed by atoms with Gasteiger partial charge in [0.1, 0.15) is 5.75 Å². The average Bonchev–Trinajstić information content (AvgIpc) is 3.14. The van der Waals surface area contributed by atoms with Crippen LogP contribution in [0.5, 0.6) is 5.75 Å². The van der Waals surface area contributed by atoms with E-state index in [0.29, 0.717) is 30.1 Å². The quantitative estimate of drug-likeness (QED) is 0.682. The van der Waals surface area contributed by atoms with E-state index in [2.05, 4.69) is 31.3 Å². The zero-order valence-corrected chi connectivity index (χ0v) is 18.0. The molecule has 2 aromatic rings. The maximum Gasteiger partial charge on any atom is 0.237 e. The van der Waals surface area contributed by atoms with Crippen molar-refractivity contribution in [3.05, 3.63) is 54.1 Å². The summed E-state index contributed by atoms with van der Waals surface area (Å²) in [6, 6.07) is 15.6. The van der Waals surface area contributed by atoms with Crippen LogP contribution in [-0.2, 0) is 15.3 Å². The third-order valence-electron chi connectivity index (χ3n) is 4.95. The molecule has 5 nitrogen and oxygen atoms in total. The second kappa shape index (κ2) is 9.83. The normalized spacial score (nSPS) is 14.9. The maximum absolute atomic E-state index is 13.0. The van der Waals surface area contributed by atoms with Gasteiger partial charge < -0.3 is 15.0 Å². The van der Waals surface area contributed by atoms with E-state index in [4.69, 9.17) is 4.74 Å². The average molecular weight is 413 g/mol. The van der Waals surface area contributed by atoms with Crippen LogP contribution in [0.15, 0.2) is 48.5 Å². The highest BCUT2D eigenvalue weighted by atomic mass is 32.2. The highest BCUT2D eigenvalue weighted by Gasteiger charge is 2.26. The molecule has 2 aromatic carbocycles. The first-order valence-electron chi connectivity index (χ1n) is 9.94. The molecule has 1 fully saturated rings. The fraction of sp³-hybridized carbons (Fsp3) is 0.391. The Bertz CT molecular complexity index is 854. The summed E-state index contributed by atoms with van der Waals surface area (Å²) in [5.41, 5.74) is 2.59. The number of hydrogen-bond donors (Lipinski definition) is 1. The van der Waals surface area contributed by atoms with Crippen molar-refractivity contribution < 1.29 is 14.3 Å². The van der Waals surface area contributed by atoms with Gasteiger partial charge >= 0.3 is 0 Å². The molecule has 0 saturated carbocycles. The van der Waals surface area contributed by atoms with Gasteiger partial charge in [0.25, 0.3) is 0 Å². The van der Waals surface area contributed by atoms with Gasteiger partial charge in [0, 0.05) is 24.4 Å². The van der Waals surface area contributed by atoms with Crippen molar-refractivity contribution in [3.63, 3.8) is 0 Å². The molecule has 1 unspecified atom stereocenters. The van der Waals surface area contributed by atoms with Crippen LogP contribution < -0.4 is 15.0 Å². The molecule has 1 N–H and O–H groups in total. The van der Waals surface area contributed by atoms with Crippen molar-refractivity contribution >= 4 is 35.0 Å². The van der Waals surface area contributed by atoms with Crippen LogP contribution in [0.3, 0.4) is 0 Å². The summed E-state index contributed by atoms with van der Waals surface area (Å²) < 4.78 is 5.43. The minimum Gasteiger partial charge on any atom is -0.495 e. The number of methoxy groups -OCH3 is 1. The van der Waals surface area contributed by atoms with Gasteiger partial charge in [-0.15, -0.1) is 11.8 Å². The maximum atomic E-state index is 13.0. The fourth-order valence-electron chi connectivity index (χ4n) is 3.43. The van der Waals surface area contributed by atoms with Gasteiger partial charge in [-0.1, -0.05) is 44.2 Å². The molecule has 154 valence electrons. The van der Waals surface area contributed by atoms with E-state index in [0.717, 1.165) is 12.2 Å². The van der Waals surface area contributed by atoms with E-state index in [1.165, 1.54) is 5.56 Å². The number of hydrogen-bond acceptors (Lipinski definition) is 4. The Morgan fingerprint density at radius 1 is 1.21 bits per heavy atom. The SMILES string of the molecule is COc1ccc(NC(=O)C(SCc2ccccc2)C(C)C)cc1N1CCCC1=O.